The van der Waals surface area contributed by atoms with Crippen molar-refractivity contribution in [3.63, 3.8) is 0 Å². The normalized spacial score (nSPS) is 6.60. The fourth-order valence-electron chi connectivity index (χ4n) is 0. The van der Waals surface area contributed by atoms with Crippen LogP contribution in [0.4, 0.5) is 0 Å². The molecule has 0 saturated heterocycles. The van der Waals surface area contributed by atoms with Crippen LogP contribution in [0.3, 0.4) is 0 Å². The number of rotatable bonds is 1. The van der Waals surface area contributed by atoms with Gasteiger partial charge in [0.1, 0.15) is 0 Å². The molecule has 0 aliphatic heterocycles. The summed E-state index contributed by atoms with van der Waals surface area (Å²) in [5.74, 6) is 0. The number of aliphatic hydroxyl groups excluding tert-OH is 1. The van der Waals surface area contributed by atoms with E-state index >= 15 is 0 Å². The van der Waals surface area contributed by atoms with Crippen molar-refractivity contribution in [2.75, 3.05) is 0 Å². The van der Waals surface area contributed by atoms with Crippen molar-refractivity contribution in [2.45, 2.75) is 0 Å². The molecule has 0 rings (SSSR count). The number of aliphatic hydroxyl groups is 1. The molecule has 0 aliphatic carbocycles. The molecule has 0 atom stereocenters. The average Bonchev–Trinajstić information content (AvgIpc) is 1.38. The summed E-state index contributed by atoms with van der Waals surface area (Å²) in [5, 5.41) is 8.20. The summed E-state index contributed by atoms with van der Waals surface area (Å²) in [4.78, 5) is 0. The Labute approximate surface area is 41.7 Å². The first-order valence-electron chi connectivity index (χ1n) is 1.12. The zero-order valence-electron chi connectivity index (χ0n) is 2.64. The van der Waals surface area contributed by atoms with E-state index in [-0.39, 0.29) is 0 Å². The van der Waals surface area contributed by atoms with Crippen LogP contribution in [-0.4, -0.2) is 9.19 Å². The zero-order chi connectivity index (χ0) is 4.28. The fourth-order valence-corrected chi connectivity index (χ4v) is 0. The van der Waals surface area contributed by atoms with Gasteiger partial charge in [-0.3, -0.25) is 0 Å². The van der Waals surface area contributed by atoms with Gasteiger partial charge in [0.05, 0.1) is 0 Å². The topological polar surface area (TPSA) is 20.2 Å². The van der Waals surface area contributed by atoms with E-state index < -0.39 is 0 Å². The second-order valence-corrected chi connectivity index (χ2v) is 2.05. The second kappa shape index (κ2) is 2.49. The van der Waals surface area contributed by atoms with Crippen LogP contribution in [0, 0.1) is 0 Å². The third kappa shape index (κ3) is 4.26. The first-order chi connectivity index (χ1) is 2.27. The first kappa shape index (κ1) is 5.26. The minimum absolute atomic E-state index is 0.352. The van der Waals surface area contributed by atoms with Crippen molar-refractivity contribution in [1.29, 1.82) is 0 Å². The third-order valence-corrected chi connectivity index (χ3v) is 0.773. The molecule has 1 N–H and O–H groups in total. The van der Waals surface area contributed by atoms with E-state index in [1.807, 2.05) is 0 Å². The van der Waals surface area contributed by atoms with E-state index in [9.17, 15) is 0 Å². The monoisotopic (exact) mass is 240 g/mol. The summed E-state index contributed by atoms with van der Waals surface area (Å²) in [6.07, 6.45) is 1.43. The Morgan fingerprint density at radius 1 is 2.00 bits per heavy atom. The van der Waals surface area contributed by atoms with Crippen molar-refractivity contribution in [1.82, 2.24) is 0 Å². The molecule has 0 unspecified atom stereocenters. The molecule has 0 aliphatic rings. The van der Waals surface area contributed by atoms with Crippen LogP contribution in [0.5, 0.6) is 0 Å². The Balaban J connectivity index is 3.20. The Morgan fingerprint density at radius 3 is 2.20 bits per heavy atom. The van der Waals surface area contributed by atoms with Crippen LogP contribution in [0.25, 0.3) is 0 Å². The Hall–Kier alpha value is 0.258. The van der Waals surface area contributed by atoms with E-state index in [0.717, 1.165) is 19.4 Å². The average molecular weight is 240 g/mol. The maximum atomic E-state index is 8.20. The molecule has 0 fully saturated rings. The van der Waals surface area contributed by atoms with Gasteiger partial charge in [-0.15, -0.1) is 0 Å². The molecule has 28 valence electrons. The van der Waals surface area contributed by atoms with Crippen LogP contribution in [0.15, 0.2) is 12.7 Å². The molecule has 0 aromatic rings. The predicted molar refractivity (Wildman–Crippen MR) is 17.1 cm³/mol. The summed E-state index contributed by atoms with van der Waals surface area (Å²) >= 11 is 1.06. The summed E-state index contributed by atoms with van der Waals surface area (Å²) in [7, 11) is 0. The van der Waals surface area contributed by atoms with E-state index in [2.05, 4.69) is 6.58 Å². The van der Waals surface area contributed by atoms with Gasteiger partial charge in [0.15, 0.2) is 0 Å². The van der Waals surface area contributed by atoms with Gasteiger partial charge in [-0.25, -0.2) is 0 Å². The fraction of sp³-hybridized carbons (Fsp3) is 0. The van der Waals surface area contributed by atoms with Gasteiger partial charge in [-0.05, 0) is 0 Å². The van der Waals surface area contributed by atoms with Gasteiger partial charge < -0.3 is 0 Å². The molecular weight excluding hydrogens is 236 g/mol. The van der Waals surface area contributed by atoms with Gasteiger partial charge in [0.2, 0.25) is 0 Å². The Kier molecular flexibility index (Phi) is 2.62. The van der Waals surface area contributed by atoms with Crippen molar-refractivity contribution < 1.29 is 24.5 Å². The molecule has 5 heavy (non-hydrogen) atoms. The van der Waals surface area contributed by atoms with Gasteiger partial charge in [-0.2, -0.15) is 0 Å². The molecule has 0 heterocycles. The molecule has 0 amide bonds. The maximum absolute atomic E-state index is 8.20. The summed E-state index contributed by atoms with van der Waals surface area (Å²) in [6.45, 7) is 3.29. The van der Waals surface area contributed by atoms with Crippen LogP contribution >= 0.6 is 0 Å². The zero-order valence-corrected chi connectivity index (χ0v) is 5.57. The van der Waals surface area contributed by atoms with Crippen LogP contribution in [0.2, 0.25) is 0 Å². The van der Waals surface area contributed by atoms with Crippen molar-refractivity contribution in [2.24, 2.45) is 0 Å². The number of hydrogen-bond donors (Lipinski definition) is 1. The molecule has 0 radical (unpaired) electrons. The standard InChI is InChI=1S/C3H4O.W/c1-2-3-4;/h2,4H,1H2;. The molecular formula is C3H4OW. The molecule has 0 spiro atoms. The van der Waals surface area contributed by atoms with E-state index in [4.69, 9.17) is 5.11 Å². The van der Waals surface area contributed by atoms with Gasteiger partial charge in [0.25, 0.3) is 0 Å². The minimum atomic E-state index is 0.352. The van der Waals surface area contributed by atoms with Crippen molar-refractivity contribution in [3.8, 4) is 0 Å². The van der Waals surface area contributed by atoms with Gasteiger partial charge in [0, 0.05) is 0 Å². The van der Waals surface area contributed by atoms with Crippen molar-refractivity contribution in [3.05, 3.63) is 12.7 Å². The summed E-state index contributed by atoms with van der Waals surface area (Å²) < 4.78 is 0.352. The quantitative estimate of drug-likeness (QED) is 0.695. The van der Waals surface area contributed by atoms with Crippen molar-refractivity contribution >= 4 is 4.08 Å². The molecule has 1 nitrogen and oxygen atoms in total. The molecule has 0 bridgehead atoms. The third-order valence-electron chi connectivity index (χ3n) is 0.175. The van der Waals surface area contributed by atoms with Gasteiger partial charge >= 0.3 is 41.2 Å². The second-order valence-electron chi connectivity index (χ2n) is 0.542. The molecule has 0 aromatic carbocycles. The first-order valence-corrected chi connectivity index (χ1v) is 2.59. The summed E-state index contributed by atoms with van der Waals surface area (Å²) in [5.41, 5.74) is 0. The van der Waals surface area contributed by atoms with Crippen LogP contribution in [-0.2, 0) is 19.4 Å². The SMILES string of the molecule is C=C[C](O)=[W]. The van der Waals surface area contributed by atoms with Crippen LogP contribution < -0.4 is 0 Å². The Morgan fingerprint density at radius 2 is 2.20 bits per heavy atom. The summed E-state index contributed by atoms with van der Waals surface area (Å²) in [6, 6.07) is 0. The van der Waals surface area contributed by atoms with Crippen LogP contribution in [0.1, 0.15) is 0 Å². The van der Waals surface area contributed by atoms with Gasteiger partial charge in [-0.1, -0.05) is 0 Å². The molecule has 2 heteroatoms. The van der Waals surface area contributed by atoms with E-state index in [1.165, 1.54) is 6.08 Å². The number of hydrogen-bond acceptors (Lipinski definition) is 1. The van der Waals surface area contributed by atoms with E-state index in [1.54, 1.807) is 0 Å². The predicted octanol–water partition coefficient (Wildman–Crippen LogP) is 0.222. The van der Waals surface area contributed by atoms with E-state index in [0.29, 0.717) is 4.08 Å². The molecule has 0 saturated carbocycles. The Bertz CT molecular complexity index is 57.9. The molecule has 0 aromatic heterocycles.